The summed E-state index contributed by atoms with van der Waals surface area (Å²) in [6.07, 6.45) is 3.58. The van der Waals surface area contributed by atoms with Crippen molar-refractivity contribution in [3.63, 3.8) is 0 Å². The molecule has 0 saturated carbocycles. The van der Waals surface area contributed by atoms with E-state index < -0.39 is 0 Å². The van der Waals surface area contributed by atoms with Gasteiger partial charge in [0.05, 0.1) is 27.0 Å². The van der Waals surface area contributed by atoms with Crippen molar-refractivity contribution < 1.29 is 13.9 Å². The van der Waals surface area contributed by atoms with Crippen molar-refractivity contribution in [2.24, 2.45) is 5.10 Å². The average molecular weight is 635 g/mol. The molecule has 0 aliphatic carbocycles. The van der Waals surface area contributed by atoms with Crippen LogP contribution in [-0.2, 0) is 17.9 Å². The fourth-order valence-electron chi connectivity index (χ4n) is 3.76. The quantitative estimate of drug-likeness (QED) is 0.0971. The summed E-state index contributed by atoms with van der Waals surface area (Å²) in [5, 5.41) is 15.1. The zero-order valence-electron chi connectivity index (χ0n) is 20.5. The summed E-state index contributed by atoms with van der Waals surface area (Å²) in [6, 6.07) is 18.4. The number of hydrogen-bond acceptors (Lipinski definition) is 7. The molecule has 2 aromatic heterocycles. The van der Waals surface area contributed by atoms with E-state index in [1.807, 2.05) is 42.6 Å². The molecule has 0 saturated heterocycles. The van der Waals surface area contributed by atoms with E-state index in [2.05, 4.69) is 25.3 Å². The summed E-state index contributed by atoms with van der Waals surface area (Å²) in [5.74, 6) is 0.379. The minimum absolute atomic E-state index is 0.0179. The van der Waals surface area contributed by atoms with Gasteiger partial charge in [0.2, 0.25) is 0 Å². The number of fused-ring (bicyclic) bond motifs is 1. The van der Waals surface area contributed by atoms with E-state index in [1.54, 1.807) is 30.5 Å². The van der Waals surface area contributed by atoms with Gasteiger partial charge in [-0.25, -0.2) is 5.43 Å². The summed E-state index contributed by atoms with van der Waals surface area (Å²) in [7, 11) is 0. The summed E-state index contributed by atoms with van der Waals surface area (Å²) in [4.78, 5) is 12.3. The normalized spacial score (nSPS) is 11.4. The maximum absolute atomic E-state index is 12.3. The third-order valence-electron chi connectivity index (χ3n) is 5.57. The Balaban J connectivity index is 1.15. The van der Waals surface area contributed by atoms with Crippen LogP contribution in [0.5, 0.6) is 5.75 Å². The molecule has 0 atom stereocenters. The highest BCUT2D eigenvalue weighted by Crippen LogP contribution is 2.29. The van der Waals surface area contributed by atoms with Crippen LogP contribution in [0.3, 0.4) is 0 Å². The zero-order valence-corrected chi connectivity index (χ0v) is 24.3. The first-order valence-corrected chi connectivity index (χ1v) is 14.2. The number of halogens is 4. The van der Waals surface area contributed by atoms with Crippen molar-refractivity contribution >= 4 is 81.2 Å². The van der Waals surface area contributed by atoms with Crippen LogP contribution in [0.4, 0.5) is 0 Å². The number of para-hydroxylation sites is 1. The number of aromatic nitrogens is 3. The second-order valence-electron chi connectivity index (χ2n) is 8.38. The van der Waals surface area contributed by atoms with Crippen LogP contribution in [0.15, 0.2) is 81.6 Å². The van der Waals surface area contributed by atoms with E-state index in [0.29, 0.717) is 32.4 Å². The molecule has 0 spiro atoms. The molecule has 1 amide bonds. The minimum atomic E-state index is -0.329. The Morgan fingerprint density at radius 3 is 2.70 bits per heavy atom. The van der Waals surface area contributed by atoms with E-state index >= 15 is 0 Å². The van der Waals surface area contributed by atoms with Gasteiger partial charge in [0, 0.05) is 34.2 Å². The van der Waals surface area contributed by atoms with Crippen molar-refractivity contribution in [2.75, 3.05) is 5.75 Å². The van der Waals surface area contributed by atoms with Crippen molar-refractivity contribution in [1.29, 1.82) is 0 Å². The molecule has 8 nitrogen and oxygen atoms in total. The van der Waals surface area contributed by atoms with Crippen molar-refractivity contribution in [2.45, 2.75) is 18.4 Å². The van der Waals surface area contributed by atoms with Gasteiger partial charge in [0.25, 0.3) is 17.0 Å². The van der Waals surface area contributed by atoms with Crippen molar-refractivity contribution in [3.8, 4) is 5.75 Å². The predicted octanol–water partition coefficient (Wildman–Crippen LogP) is 7.51. The van der Waals surface area contributed by atoms with Crippen LogP contribution < -0.4 is 10.2 Å². The lowest BCUT2D eigenvalue weighted by molar-refractivity contribution is -0.118. The standard InChI is InChI=1S/C27H19Cl4N5O3S/c28-18-6-8-24(22(31)10-18)38-14-26-34-35-27(39-26)40-15-25(37)33-32-11-17-13-36(23-4-2-1-3-19(17)23)12-16-5-7-20(29)21(30)9-16/h1-11,13H,12,14-15H2,(H,33,37)/b32-11-. The first kappa shape index (κ1) is 28.3. The van der Waals surface area contributed by atoms with Crippen LogP contribution in [0, 0.1) is 0 Å². The Morgan fingerprint density at radius 2 is 1.88 bits per heavy atom. The van der Waals surface area contributed by atoms with Crippen LogP contribution in [0.2, 0.25) is 20.1 Å². The van der Waals surface area contributed by atoms with Crippen molar-refractivity contribution in [1.82, 2.24) is 20.2 Å². The van der Waals surface area contributed by atoms with E-state index in [0.717, 1.165) is 33.8 Å². The van der Waals surface area contributed by atoms with Gasteiger partial charge in [-0.2, -0.15) is 5.10 Å². The number of nitrogens with zero attached hydrogens (tertiary/aromatic N) is 4. The topological polar surface area (TPSA) is 94.5 Å². The Morgan fingerprint density at radius 1 is 1.02 bits per heavy atom. The predicted molar refractivity (Wildman–Crippen MR) is 159 cm³/mol. The first-order valence-electron chi connectivity index (χ1n) is 11.7. The van der Waals surface area contributed by atoms with Crippen LogP contribution in [-0.4, -0.2) is 32.6 Å². The molecule has 5 rings (SSSR count). The largest absolute Gasteiger partial charge is 0.482 e. The molecule has 1 N–H and O–H groups in total. The number of hydrogen-bond donors (Lipinski definition) is 1. The first-order chi connectivity index (χ1) is 19.4. The smallest absolute Gasteiger partial charge is 0.277 e. The minimum Gasteiger partial charge on any atom is -0.482 e. The molecule has 40 heavy (non-hydrogen) atoms. The number of carbonyl (C=O) groups is 1. The Hall–Kier alpha value is -3.21. The van der Waals surface area contributed by atoms with Gasteiger partial charge < -0.3 is 13.7 Å². The van der Waals surface area contributed by atoms with Crippen LogP contribution in [0.1, 0.15) is 17.0 Å². The number of benzene rings is 3. The second kappa shape index (κ2) is 13.0. The van der Waals surface area contributed by atoms with Crippen LogP contribution in [0.25, 0.3) is 10.9 Å². The number of carbonyl (C=O) groups excluding carboxylic acids is 1. The molecule has 0 radical (unpaired) electrons. The maximum Gasteiger partial charge on any atom is 0.277 e. The number of ether oxygens (including phenoxy) is 1. The van der Waals surface area contributed by atoms with Crippen LogP contribution >= 0.6 is 58.2 Å². The molecule has 0 aliphatic rings. The van der Waals surface area contributed by atoms with Gasteiger partial charge in [0.15, 0.2) is 6.61 Å². The molecular formula is C27H19Cl4N5O3S. The van der Waals surface area contributed by atoms with E-state index in [1.165, 1.54) is 0 Å². The number of nitrogens with one attached hydrogen (secondary N) is 1. The summed E-state index contributed by atoms with van der Waals surface area (Å²) >= 11 is 25.3. The van der Waals surface area contributed by atoms with Gasteiger partial charge in [0.1, 0.15) is 5.75 Å². The SMILES string of the molecule is O=C(CSc1nnc(COc2ccc(Cl)cc2Cl)o1)N/N=C\c1cn(Cc2ccc(Cl)c(Cl)c2)c2ccccc12. The molecule has 0 bridgehead atoms. The van der Waals surface area contributed by atoms with Gasteiger partial charge in [-0.3, -0.25) is 4.79 Å². The highest BCUT2D eigenvalue weighted by atomic mass is 35.5. The Labute approximate surface area is 253 Å². The highest BCUT2D eigenvalue weighted by molar-refractivity contribution is 7.99. The fraction of sp³-hybridized carbons (Fsp3) is 0.111. The Bertz CT molecular complexity index is 1710. The molecule has 2 heterocycles. The third kappa shape index (κ3) is 7.10. The third-order valence-corrected chi connectivity index (χ3v) is 7.66. The molecule has 0 unspecified atom stereocenters. The van der Waals surface area contributed by atoms with Gasteiger partial charge in [-0.15, -0.1) is 10.2 Å². The lowest BCUT2D eigenvalue weighted by atomic mass is 10.2. The number of thioether (sulfide) groups is 1. The second-order valence-corrected chi connectivity index (χ2v) is 11.0. The van der Waals surface area contributed by atoms with E-state index in [4.69, 9.17) is 55.6 Å². The van der Waals surface area contributed by atoms with Crippen molar-refractivity contribution in [3.05, 3.63) is 104 Å². The lowest BCUT2D eigenvalue weighted by Gasteiger charge is -2.06. The summed E-state index contributed by atoms with van der Waals surface area (Å²) in [5.41, 5.74) is 5.41. The number of rotatable bonds is 10. The van der Waals surface area contributed by atoms with E-state index in [9.17, 15) is 4.79 Å². The van der Waals surface area contributed by atoms with E-state index in [-0.39, 0.29) is 29.4 Å². The molecule has 204 valence electrons. The average Bonchev–Trinajstić information content (AvgIpc) is 3.54. The molecule has 0 aliphatic heterocycles. The fourth-order valence-corrected chi connectivity index (χ4v) is 5.12. The van der Waals surface area contributed by atoms with Gasteiger partial charge in [-0.05, 0) is 42.0 Å². The lowest BCUT2D eigenvalue weighted by Crippen LogP contribution is -2.19. The highest BCUT2D eigenvalue weighted by Gasteiger charge is 2.12. The Kier molecular flexibility index (Phi) is 9.18. The summed E-state index contributed by atoms with van der Waals surface area (Å²) < 4.78 is 13.2. The molecule has 3 aromatic carbocycles. The number of hydrazone groups is 1. The maximum atomic E-state index is 12.3. The molecule has 0 fully saturated rings. The molecular weight excluding hydrogens is 616 g/mol. The molecule has 5 aromatic rings. The molecule has 13 heteroatoms. The zero-order chi connectivity index (χ0) is 28.1. The van der Waals surface area contributed by atoms with Gasteiger partial charge >= 0.3 is 0 Å². The summed E-state index contributed by atoms with van der Waals surface area (Å²) in [6.45, 7) is 0.613. The number of amides is 1. The monoisotopic (exact) mass is 633 g/mol. The van der Waals surface area contributed by atoms with Gasteiger partial charge in [-0.1, -0.05) is 82.4 Å².